The van der Waals surface area contributed by atoms with Crippen LogP contribution in [0.3, 0.4) is 0 Å². The maximum absolute atomic E-state index is 13.1. The fourth-order valence-electron chi connectivity index (χ4n) is 7.29. The molecule has 356 valence electrons. The first kappa shape index (κ1) is 52.1. The minimum atomic E-state index is -0.643. The summed E-state index contributed by atoms with van der Waals surface area (Å²) in [6.07, 6.45) is 25.8. The maximum Gasteiger partial charge on any atom is 0.343 e. The van der Waals surface area contributed by atoms with Gasteiger partial charge in [-0.3, -0.25) is 0 Å². The van der Waals surface area contributed by atoms with Crippen LogP contribution in [-0.2, 0) is 0 Å². The molecule has 0 spiro atoms. The lowest BCUT2D eigenvalue weighted by molar-refractivity contribution is 0.0733. The monoisotopic (exact) mass is 928 g/mol. The molecule has 0 radical (unpaired) electrons. The van der Waals surface area contributed by atoms with Crippen LogP contribution in [0.1, 0.15) is 163 Å². The third kappa shape index (κ3) is 20.7. The Morgan fingerprint density at radius 2 is 0.701 bits per heavy atom. The Labute approximate surface area is 403 Å². The molecule has 5 aromatic carbocycles. The Balaban J connectivity index is 0.990. The number of carbonyl (C=O) groups excluding carboxylic acids is 2. The molecule has 0 N–H and O–H groups in total. The van der Waals surface area contributed by atoms with E-state index < -0.39 is 11.9 Å². The molecule has 0 amide bonds. The molecule has 10 nitrogen and oxygen atoms in total. The SMILES string of the molecule is CCCCCCCCCCCCOc1ccc(N=Nc2ccc(C(=O)Oc3ccc(Cl)c(OC(=O)c4ccc(N=Nc5ccc(OCCCCCCCCCCCC)cc5)cc4)c3)cc2)cc1. The van der Waals surface area contributed by atoms with Crippen LogP contribution in [0.25, 0.3) is 0 Å². The first-order valence-electron chi connectivity index (χ1n) is 24.6. The standard InChI is InChI=1S/C56H69ClN4O6/c1-3-5-7-9-11-13-15-17-19-21-41-64-50-35-31-48(32-36-50)60-58-46-27-23-44(24-28-46)55(62)66-52-39-40-53(57)54(43-52)67-56(63)45-25-29-47(30-26-45)59-61-49-33-37-51(38-34-49)65-42-22-20-18-16-14-12-10-8-6-4-2/h23-40,43H,3-22,41-42H2,1-2H3. The molecule has 0 aliphatic heterocycles. The predicted molar refractivity (Wildman–Crippen MR) is 270 cm³/mol. The molecule has 0 saturated carbocycles. The number of ether oxygens (including phenoxy) is 4. The molecule has 0 bridgehead atoms. The number of hydrogen-bond donors (Lipinski definition) is 0. The topological polar surface area (TPSA) is 121 Å². The summed E-state index contributed by atoms with van der Waals surface area (Å²) in [5.74, 6) is 0.569. The van der Waals surface area contributed by atoms with Crippen LogP contribution in [0, 0.1) is 0 Å². The van der Waals surface area contributed by atoms with Gasteiger partial charge in [0.15, 0.2) is 5.75 Å². The van der Waals surface area contributed by atoms with E-state index in [9.17, 15) is 9.59 Å². The van der Waals surface area contributed by atoms with Crippen LogP contribution < -0.4 is 18.9 Å². The smallest absolute Gasteiger partial charge is 0.343 e. The highest BCUT2D eigenvalue weighted by atomic mass is 35.5. The van der Waals surface area contributed by atoms with Gasteiger partial charge < -0.3 is 18.9 Å². The number of halogens is 1. The number of hydrogen-bond acceptors (Lipinski definition) is 10. The molecular formula is C56H69ClN4O6. The molecule has 0 fully saturated rings. The van der Waals surface area contributed by atoms with Gasteiger partial charge in [-0.2, -0.15) is 20.5 Å². The van der Waals surface area contributed by atoms with Crippen LogP contribution >= 0.6 is 11.6 Å². The van der Waals surface area contributed by atoms with Crippen molar-refractivity contribution in [2.24, 2.45) is 20.5 Å². The number of benzene rings is 5. The minimum Gasteiger partial charge on any atom is -0.494 e. The Bertz CT molecular complexity index is 2230. The van der Waals surface area contributed by atoms with Crippen molar-refractivity contribution in [3.8, 4) is 23.0 Å². The van der Waals surface area contributed by atoms with E-state index in [2.05, 4.69) is 34.3 Å². The fourth-order valence-corrected chi connectivity index (χ4v) is 7.44. The molecule has 5 rings (SSSR count). The molecule has 67 heavy (non-hydrogen) atoms. The van der Waals surface area contributed by atoms with Crippen molar-refractivity contribution in [1.82, 2.24) is 0 Å². The highest BCUT2D eigenvalue weighted by molar-refractivity contribution is 6.32. The third-order valence-electron chi connectivity index (χ3n) is 11.3. The Morgan fingerprint density at radius 1 is 0.388 bits per heavy atom. The zero-order valence-electron chi connectivity index (χ0n) is 39.6. The van der Waals surface area contributed by atoms with Crippen LogP contribution in [0.4, 0.5) is 22.7 Å². The summed E-state index contributed by atoms with van der Waals surface area (Å²) in [5.41, 5.74) is 3.08. The molecule has 5 aromatic rings. The second kappa shape index (κ2) is 31.2. The largest absolute Gasteiger partial charge is 0.494 e. The summed E-state index contributed by atoms with van der Waals surface area (Å²) in [5, 5.41) is 17.4. The van der Waals surface area contributed by atoms with E-state index >= 15 is 0 Å². The number of rotatable bonds is 32. The first-order chi connectivity index (χ1) is 32.9. The molecule has 0 aliphatic rings. The fraction of sp³-hybridized carbons (Fsp3) is 0.429. The summed E-state index contributed by atoms with van der Waals surface area (Å²) < 4.78 is 23.0. The van der Waals surface area contributed by atoms with Crippen molar-refractivity contribution in [2.75, 3.05) is 13.2 Å². The highest BCUT2D eigenvalue weighted by Gasteiger charge is 2.15. The summed E-state index contributed by atoms with van der Waals surface area (Å²) in [6, 6.07) is 32.5. The summed E-state index contributed by atoms with van der Waals surface area (Å²) in [6.45, 7) is 5.92. The quantitative estimate of drug-likeness (QED) is 0.0183. The summed E-state index contributed by atoms with van der Waals surface area (Å²) >= 11 is 6.36. The molecule has 11 heteroatoms. The van der Waals surface area contributed by atoms with E-state index in [0.717, 1.165) is 24.3 Å². The molecule has 0 unspecified atom stereocenters. The van der Waals surface area contributed by atoms with Crippen LogP contribution in [-0.4, -0.2) is 25.2 Å². The van der Waals surface area contributed by atoms with E-state index in [1.165, 1.54) is 134 Å². The van der Waals surface area contributed by atoms with Crippen LogP contribution in [0.5, 0.6) is 23.0 Å². The first-order valence-corrected chi connectivity index (χ1v) is 25.0. The average Bonchev–Trinajstić information content (AvgIpc) is 3.35. The van der Waals surface area contributed by atoms with E-state index in [0.29, 0.717) is 41.5 Å². The Kier molecular flexibility index (Phi) is 24.2. The van der Waals surface area contributed by atoms with Gasteiger partial charge >= 0.3 is 11.9 Å². The number of azo groups is 2. The third-order valence-corrected chi connectivity index (χ3v) is 11.6. The van der Waals surface area contributed by atoms with Gasteiger partial charge in [0.1, 0.15) is 17.2 Å². The van der Waals surface area contributed by atoms with Crippen molar-refractivity contribution >= 4 is 46.3 Å². The lowest BCUT2D eigenvalue weighted by Gasteiger charge is -2.09. The highest BCUT2D eigenvalue weighted by Crippen LogP contribution is 2.31. The van der Waals surface area contributed by atoms with Gasteiger partial charge in [0.25, 0.3) is 0 Å². The van der Waals surface area contributed by atoms with Crippen molar-refractivity contribution in [3.63, 3.8) is 0 Å². The number of esters is 2. The number of carbonyl (C=O) groups is 2. The average molecular weight is 930 g/mol. The second-order valence-electron chi connectivity index (χ2n) is 16.9. The van der Waals surface area contributed by atoms with E-state index in [-0.39, 0.29) is 22.1 Å². The van der Waals surface area contributed by atoms with Gasteiger partial charge in [0.05, 0.1) is 52.1 Å². The Hall–Kier alpha value is -5.87. The van der Waals surface area contributed by atoms with Gasteiger partial charge in [-0.25, -0.2) is 9.59 Å². The van der Waals surface area contributed by atoms with E-state index in [1.807, 2.05) is 48.5 Å². The van der Waals surface area contributed by atoms with Gasteiger partial charge in [-0.05, 0) is 122 Å². The molecule has 0 heterocycles. The van der Waals surface area contributed by atoms with E-state index in [1.54, 1.807) is 48.5 Å². The normalized spacial score (nSPS) is 11.3. The number of nitrogens with zero attached hydrogens (tertiary/aromatic N) is 4. The zero-order chi connectivity index (χ0) is 47.2. The second-order valence-corrected chi connectivity index (χ2v) is 17.3. The Morgan fingerprint density at radius 3 is 1.07 bits per heavy atom. The van der Waals surface area contributed by atoms with Gasteiger partial charge in [0.2, 0.25) is 0 Å². The molecule has 0 aliphatic carbocycles. The van der Waals surface area contributed by atoms with Crippen LogP contribution in [0.2, 0.25) is 5.02 Å². The summed E-state index contributed by atoms with van der Waals surface area (Å²) in [4.78, 5) is 26.1. The van der Waals surface area contributed by atoms with E-state index in [4.69, 9.17) is 30.5 Å². The molecule has 0 aromatic heterocycles. The lowest BCUT2D eigenvalue weighted by atomic mass is 10.1. The predicted octanol–water partition coefficient (Wildman–Crippen LogP) is 18.2. The van der Waals surface area contributed by atoms with Crippen molar-refractivity contribution in [1.29, 1.82) is 0 Å². The van der Waals surface area contributed by atoms with Crippen LogP contribution in [0.15, 0.2) is 136 Å². The van der Waals surface area contributed by atoms with Crippen molar-refractivity contribution in [3.05, 3.63) is 131 Å². The number of unbranched alkanes of at least 4 members (excludes halogenated alkanes) is 18. The lowest BCUT2D eigenvalue weighted by Crippen LogP contribution is -2.10. The zero-order valence-corrected chi connectivity index (χ0v) is 40.4. The molecular weight excluding hydrogens is 860 g/mol. The summed E-state index contributed by atoms with van der Waals surface area (Å²) in [7, 11) is 0. The van der Waals surface area contributed by atoms with Gasteiger partial charge in [0, 0.05) is 6.07 Å². The molecule has 0 atom stereocenters. The van der Waals surface area contributed by atoms with Gasteiger partial charge in [-0.15, -0.1) is 0 Å². The van der Waals surface area contributed by atoms with Crippen molar-refractivity contribution < 1.29 is 28.5 Å². The van der Waals surface area contributed by atoms with Crippen molar-refractivity contribution in [2.45, 2.75) is 142 Å². The molecule has 0 saturated heterocycles. The van der Waals surface area contributed by atoms with Gasteiger partial charge in [-0.1, -0.05) is 141 Å². The maximum atomic E-state index is 13.1. The minimum absolute atomic E-state index is 0.0427.